The van der Waals surface area contributed by atoms with Gasteiger partial charge in [-0.3, -0.25) is 4.84 Å². The Kier molecular flexibility index (Phi) is 3.71. The van der Waals surface area contributed by atoms with E-state index in [1.165, 1.54) is 5.48 Å². The summed E-state index contributed by atoms with van der Waals surface area (Å²) in [6.45, 7) is 7.66. The second kappa shape index (κ2) is 4.09. The van der Waals surface area contributed by atoms with Crippen molar-refractivity contribution in [3.8, 4) is 0 Å². The molecule has 0 atom stereocenters. The predicted octanol–water partition coefficient (Wildman–Crippen LogP) is -0.396. The number of hydrogen-bond acceptors (Lipinski definition) is 2. The van der Waals surface area contributed by atoms with Crippen LogP contribution in [-0.4, -0.2) is 12.5 Å². The fraction of sp³-hybridized carbons (Fsp3) is 0.500. The predicted molar refractivity (Wildman–Crippen MR) is 33.4 cm³/mol. The fourth-order valence-electron chi connectivity index (χ4n) is 0.260. The fourth-order valence-corrected chi connectivity index (χ4v) is 0.260. The summed E-state index contributed by atoms with van der Waals surface area (Å²) in [5.74, 6) is -0.350. The van der Waals surface area contributed by atoms with Crippen molar-refractivity contribution in [3.63, 3.8) is 0 Å². The molecule has 3 heteroatoms. The molecule has 0 fully saturated rings. The molecular weight excluding hydrogens is 118 g/mol. The Hall–Kier alpha value is -0.830. The van der Waals surface area contributed by atoms with Gasteiger partial charge in [0.2, 0.25) is 0 Å². The summed E-state index contributed by atoms with van der Waals surface area (Å²) in [6, 6.07) is 0. The Morgan fingerprint density at radius 1 is 1.78 bits per heavy atom. The van der Waals surface area contributed by atoms with Crippen LogP contribution in [0.2, 0.25) is 0 Å². The van der Waals surface area contributed by atoms with Crippen molar-refractivity contribution in [1.82, 2.24) is 0 Å². The molecule has 3 nitrogen and oxygen atoms in total. The summed E-state index contributed by atoms with van der Waals surface area (Å²) >= 11 is 0. The molecule has 0 aliphatic carbocycles. The molecule has 0 aliphatic rings. The van der Waals surface area contributed by atoms with E-state index in [0.717, 1.165) is 6.54 Å². The van der Waals surface area contributed by atoms with E-state index in [1.807, 2.05) is 6.92 Å². The lowest BCUT2D eigenvalue weighted by molar-refractivity contribution is -0.869. The van der Waals surface area contributed by atoms with Gasteiger partial charge in [-0.15, -0.1) is 0 Å². The van der Waals surface area contributed by atoms with Gasteiger partial charge in [0, 0.05) is 5.57 Å². The van der Waals surface area contributed by atoms with Crippen LogP contribution in [0.3, 0.4) is 0 Å². The molecule has 9 heavy (non-hydrogen) atoms. The highest BCUT2D eigenvalue weighted by Gasteiger charge is 2.03. The normalized spacial score (nSPS) is 8.67. The smallest absolute Gasteiger partial charge is 0.275 e. The molecule has 0 bridgehead atoms. The van der Waals surface area contributed by atoms with Gasteiger partial charge in [0.05, 0.1) is 0 Å². The second-order valence-corrected chi connectivity index (χ2v) is 1.76. The molecule has 0 aliphatic heterocycles. The van der Waals surface area contributed by atoms with Crippen LogP contribution in [0.4, 0.5) is 0 Å². The Labute approximate surface area is 54.7 Å². The Morgan fingerprint density at radius 2 is 2.33 bits per heavy atom. The van der Waals surface area contributed by atoms with Crippen LogP contribution in [0.15, 0.2) is 12.2 Å². The van der Waals surface area contributed by atoms with Crippen LogP contribution in [-0.2, 0) is 9.63 Å². The molecule has 2 N–H and O–H groups in total. The Balaban J connectivity index is 3.39. The van der Waals surface area contributed by atoms with E-state index >= 15 is 0 Å². The van der Waals surface area contributed by atoms with Gasteiger partial charge in [0.15, 0.2) is 0 Å². The molecule has 0 saturated heterocycles. The quantitative estimate of drug-likeness (QED) is 0.417. The molecule has 0 aromatic heterocycles. The number of carbonyl (C=O) groups excluding carboxylic acids is 1. The van der Waals surface area contributed by atoms with E-state index in [9.17, 15) is 4.79 Å². The lowest BCUT2D eigenvalue weighted by atomic mass is 10.4. The van der Waals surface area contributed by atoms with Crippen molar-refractivity contribution in [2.24, 2.45) is 0 Å². The number of hydroxylamine groups is 1. The lowest BCUT2D eigenvalue weighted by Crippen LogP contribution is -2.83. The summed E-state index contributed by atoms with van der Waals surface area (Å²) in [6.07, 6.45) is 0. The number of rotatable bonds is 3. The van der Waals surface area contributed by atoms with Crippen LogP contribution >= 0.6 is 0 Å². The monoisotopic (exact) mass is 130 g/mol. The third kappa shape index (κ3) is 3.73. The van der Waals surface area contributed by atoms with Gasteiger partial charge in [0.1, 0.15) is 6.54 Å². The van der Waals surface area contributed by atoms with E-state index in [-0.39, 0.29) is 5.97 Å². The van der Waals surface area contributed by atoms with E-state index < -0.39 is 0 Å². The minimum absolute atomic E-state index is 0.350. The van der Waals surface area contributed by atoms with Crippen molar-refractivity contribution < 1.29 is 15.1 Å². The van der Waals surface area contributed by atoms with Crippen LogP contribution in [0.25, 0.3) is 0 Å². The number of quaternary nitrogens is 1. The minimum atomic E-state index is -0.350. The average Bonchev–Trinajstić information content (AvgIpc) is 1.82. The van der Waals surface area contributed by atoms with Crippen LogP contribution in [0.5, 0.6) is 0 Å². The van der Waals surface area contributed by atoms with Crippen molar-refractivity contribution in [2.75, 3.05) is 6.54 Å². The highest BCUT2D eigenvalue weighted by molar-refractivity contribution is 5.86. The first-order chi connectivity index (χ1) is 4.18. The third-order valence-electron chi connectivity index (χ3n) is 0.705. The topological polar surface area (TPSA) is 42.9 Å². The van der Waals surface area contributed by atoms with Gasteiger partial charge in [-0.25, -0.2) is 4.79 Å². The highest BCUT2D eigenvalue weighted by atomic mass is 16.7. The summed E-state index contributed by atoms with van der Waals surface area (Å²) in [4.78, 5) is 15.1. The Morgan fingerprint density at radius 3 is 2.67 bits per heavy atom. The van der Waals surface area contributed by atoms with Crippen LogP contribution in [0, 0.1) is 0 Å². The van der Waals surface area contributed by atoms with Gasteiger partial charge in [-0.1, -0.05) is 6.58 Å². The maximum Gasteiger partial charge on any atom is 0.392 e. The molecule has 0 unspecified atom stereocenters. The molecule has 0 rings (SSSR count). The minimum Gasteiger partial charge on any atom is -0.275 e. The molecular formula is C6H12NO2+. The summed E-state index contributed by atoms with van der Waals surface area (Å²) < 4.78 is 0. The third-order valence-corrected chi connectivity index (χ3v) is 0.705. The second-order valence-electron chi connectivity index (χ2n) is 1.76. The number of carbonyl (C=O) groups is 1. The molecule has 0 spiro atoms. The zero-order valence-corrected chi connectivity index (χ0v) is 5.81. The van der Waals surface area contributed by atoms with Crippen LogP contribution in [0.1, 0.15) is 13.8 Å². The van der Waals surface area contributed by atoms with Crippen molar-refractivity contribution in [2.45, 2.75) is 13.8 Å². The van der Waals surface area contributed by atoms with E-state index in [4.69, 9.17) is 0 Å². The molecule has 0 heterocycles. The van der Waals surface area contributed by atoms with Gasteiger partial charge in [-0.05, 0) is 13.8 Å². The lowest BCUT2D eigenvalue weighted by Gasteiger charge is -1.95. The van der Waals surface area contributed by atoms with Gasteiger partial charge < -0.3 is 0 Å². The summed E-state index contributed by atoms with van der Waals surface area (Å²) in [5, 5.41) is 0. The van der Waals surface area contributed by atoms with Crippen LogP contribution < -0.4 is 5.48 Å². The van der Waals surface area contributed by atoms with E-state index in [2.05, 4.69) is 11.4 Å². The summed E-state index contributed by atoms with van der Waals surface area (Å²) in [5.41, 5.74) is 1.89. The molecule has 0 aromatic rings. The Bertz CT molecular complexity index is 120. The van der Waals surface area contributed by atoms with Gasteiger partial charge in [0.25, 0.3) is 0 Å². The first kappa shape index (κ1) is 8.17. The first-order valence-electron chi connectivity index (χ1n) is 2.86. The van der Waals surface area contributed by atoms with Crippen molar-refractivity contribution >= 4 is 5.97 Å². The molecule has 0 radical (unpaired) electrons. The average molecular weight is 130 g/mol. The number of nitrogens with two attached hydrogens (primary N) is 1. The SMILES string of the molecule is C=C(C)C(=O)O[NH2+]CC. The largest absolute Gasteiger partial charge is 0.392 e. The standard InChI is InChI=1S/C6H11NO2/c1-4-7-9-6(8)5(2)3/h7H,2,4H2,1,3H3/p+1. The first-order valence-corrected chi connectivity index (χ1v) is 2.86. The van der Waals surface area contributed by atoms with Crippen molar-refractivity contribution in [1.29, 1.82) is 0 Å². The van der Waals surface area contributed by atoms with E-state index in [1.54, 1.807) is 6.92 Å². The maximum absolute atomic E-state index is 10.5. The molecule has 52 valence electrons. The maximum atomic E-state index is 10.5. The molecule has 0 amide bonds. The zero-order valence-electron chi connectivity index (χ0n) is 5.81. The van der Waals surface area contributed by atoms with E-state index in [0.29, 0.717) is 5.57 Å². The van der Waals surface area contributed by atoms with Crippen molar-refractivity contribution in [3.05, 3.63) is 12.2 Å². The van der Waals surface area contributed by atoms with Gasteiger partial charge >= 0.3 is 5.97 Å². The molecule has 0 saturated carbocycles. The van der Waals surface area contributed by atoms with Gasteiger partial charge in [-0.2, -0.15) is 5.48 Å². The zero-order chi connectivity index (χ0) is 7.28. The molecule has 0 aromatic carbocycles. The highest BCUT2D eigenvalue weighted by Crippen LogP contribution is 1.85. The summed E-state index contributed by atoms with van der Waals surface area (Å²) in [7, 11) is 0. The number of hydrogen-bond donors (Lipinski definition) is 1.